The predicted molar refractivity (Wildman–Crippen MR) is 101 cm³/mol. The molecule has 0 saturated carbocycles. The molecule has 2 aromatic carbocycles. The summed E-state index contributed by atoms with van der Waals surface area (Å²) in [4.78, 5) is 15.5. The monoisotopic (exact) mass is 417 g/mol. The Bertz CT molecular complexity index is 1210. The van der Waals surface area contributed by atoms with E-state index in [0.29, 0.717) is 11.1 Å². The van der Waals surface area contributed by atoms with Crippen LogP contribution in [0.2, 0.25) is 0 Å². The number of nitrogens with one attached hydrogen (secondary N) is 2. The maximum Gasteiger partial charge on any atom is 0.435 e. The third-order valence-electron chi connectivity index (χ3n) is 4.56. The molecule has 0 fully saturated rings. The molecule has 2 heterocycles. The second kappa shape index (κ2) is 7.62. The van der Waals surface area contributed by atoms with Crippen LogP contribution in [0.5, 0.6) is 0 Å². The minimum Gasteiger partial charge on any atom is -0.361 e. The number of rotatable bonds is 5. The van der Waals surface area contributed by atoms with Crippen LogP contribution in [0, 0.1) is 5.82 Å². The van der Waals surface area contributed by atoms with Gasteiger partial charge in [-0.1, -0.05) is 29.5 Å². The number of benzene rings is 2. The molecule has 0 saturated heterocycles. The van der Waals surface area contributed by atoms with Crippen molar-refractivity contribution >= 4 is 16.8 Å². The van der Waals surface area contributed by atoms with Gasteiger partial charge in [-0.2, -0.15) is 13.2 Å². The van der Waals surface area contributed by atoms with Gasteiger partial charge in [-0.05, 0) is 36.2 Å². The molecule has 1 amide bonds. The summed E-state index contributed by atoms with van der Waals surface area (Å²) in [6.07, 6.45) is -2.72. The Morgan fingerprint density at radius 2 is 1.93 bits per heavy atom. The zero-order valence-corrected chi connectivity index (χ0v) is 15.4. The smallest absolute Gasteiger partial charge is 0.361 e. The van der Waals surface area contributed by atoms with Crippen molar-refractivity contribution in [3.63, 3.8) is 0 Å². The van der Waals surface area contributed by atoms with Crippen molar-refractivity contribution in [3.05, 3.63) is 77.5 Å². The van der Waals surface area contributed by atoms with Crippen LogP contribution < -0.4 is 5.32 Å². The zero-order chi connectivity index (χ0) is 21.3. The van der Waals surface area contributed by atoms with Crippen LogP contribution >= 0.6 is 0 Å². The van der Waals surface area contributed by atoms with Gasteiger partial charge >= 0.3 is 6.18 Å². The zero-order valence-electron chi connectivity index (χ0n) is 15.4. The van der Waals surface area contributed by atoms with Crippen molar-refractivity contribution in [2.24, 2.45) is 0 Å². The summed E-state index contributed by atoms with van der Waals surface area (Å²) in [5.74, 6) is -1.74. The van der Waals surface area contributed by atoms with E-state index in [4.69, 9.17) is 0 Å². The lowest BCUT2D eigenvalue weighted by molar-refractivity contribution is -0.143. The van der Waals surface area contributed by atoms with Gasteiger partial charge in [0.15, 0.2) is 11.4 Å². The number of fused-ring (bicyclic) bond motifs is 1. The van der Waals surface area contributed by atoms with Gasteiger partial charge in [0.25, 0.3) is 5.91 Å². The fourth-order valence-electron chi connectivity index (χ4n) is 3.21. The molecule has 0 spiro atoms. The number of hydrogen-bond donors (Lipinski definition) is 2. The number of nitrogens with zero attached hydrogens (tertiary/aromatic N) is 3. The Morgan fingerprint density at radius 1 is 1.13 bits per heavy atom. The number of hydrogen-bond acceptors (Lipinski definition) is 3. The van der Waals surface area contributed by atoms with Gasteiger partial charge < -0.3 is 10.3 Å². The number of aromatic nitrogens is 4. The molecule has 0 unspecified atom stereocenters. The molecule has 10 heteroatoms. The van der Waals surface area contributed by atoms with Crippen molar-refractivity contribution in [1.82, 2.24) is 25.3 Å². The van der Waals surface area contributed by atoms with Gasteiger partial charge in [0.2, 0.25) is 0 Å². The number of carbonyl (C=O) groups is 1. The fraction of sp³-hybridized carbons (Fsp3) is 0.150. The summed E-state index contributed by atoms with van der Waals surface area (Å²) in [7, 11) is 0. The molecule has 30 heavy (non-hydrogen) atoms. The SMILES string of the molecule is O=C(NCCc1c[nH]c2ccccc12)c1nnn(-c2cccc(F)c2)c1C(F)(F)F. The number of alkyl halides is 3. The summed E-state index contributed by atoms with van der Waals surface area (Å²) >= 11 is 0. The first kappa shape index (κ1) is 19.6. The molecule has 0 bridgehead atoms. The van der Waals surface area contributed by atoms with Crippen LogP contribution in [0.25, 0.3) is 16.6 Å². The molecular weight excluding hydrogens is 402 g/mol. The lowest BCUT2D eigenvalue weighted by atomic mass is 10.1. The average Bonchev–Trinajstić information content (AvgIpc) is 3.33. The van der Waals surface area contributed by atoms with E-state index >= 15 is 0 Å². The minimum absolute atomic E-state index is 0.102. The molecular formula is C20H15F4N5O. The van der Waals surface area contributed by atoms with Crippen LogP contribution in [0.4, 0.5) is 17.6 Å². The number of halogens is 4. The molecule has 6 nitrogen and oxygen atoms in total. The van der Waals surface area contributed by atoms with E-state index in [2.05, 4.69) is 20.6 Å². The highest BCUT2D eigenvalue weighted by Gasteiger charge is 2.42. The van der Waals surface area contributed by atoms with E-state index in [1.807, 2.05) is 24.3 Å². The molecule has 154 valence electrons. The number of H-pyrrole nitrogens is 1. The van der Waals surface area contributed by atoms with Crippen LogP contribution in [0.1, 0.15) is 21.7 Å². The average molecular weight is 417 g/mol. The van der Waals surface area contributed by atoms with Crippen LogP contribution in [0.15, 0.2) is 54.7 Å². The molecule has 4 rings (SSSR count). The Labute approximate surface area is 167 Å². The molecule has 0 aliphatic carbocycles. The molecule has 0 aliphatic heterocycles. The van der Waals surface area contributed by atoms with Gasteiger partial charge in [0, 0.05) is 23.6 Å². The van der Waals surface area contributed by atoms with E-state index in [0.717, 1.165) is 28.6 Å². The predicted octanol–water partition coefficient (Wildman–Crippen LogP) is 3.88. The van der Waals surface area contributed by atoms with Crippen molar-refractivity contribution in [3.8, 4) is 5.69 Å². The van der Waals surface area contributed by atoms with E-state index in [9.17, 15) is 22.4 Å². The summed E-state index contributed by atoms with van der Waals surface area (Å²) in [6.45, 7) is 0.102. The van der Waals surface area contributed by atoms with E-state index < -0.39 is 29.3 Å². The standard InChI is InChI=1S/C20H15F4N5O/c21-13-4-3-5-14(10-13)29-18(20(22,23)24)17(27-28-29)19(30)25-9-8-12-11-26-16-7-2-1-6-15(12)16/h1-7,10-11,26H,8-9H2,(H,25,30). The molecule has 2 N–H and O–H groups in total. The Kier molecular flexibility index (Phi) is 4.98. The topological polar surface area (TPSA) is 75.6 Å². The van der Waals surface area contributed by atoms with Crippen LogP contribution in [-0.4, -0.2) is 32.4 Å². The normalized spacial score (nSPS) is 11.7. The first-order valence-electron chi connectivity index (χ1n) is 8.96. The third-order valence-corrected chi connectivity index (χ3v) is 4.56. The van der Waals surface area contributed by atoms with Gasteiger partial charge in [-0.15, -0.1) is 5.10 Å². The van der Waals surface area contributed by atoms with E-state index in [1.165, 1.54) is 12.1 Å². The first-order valence-corrected chi connectivity index (χ1v) is 8.96. The summed E-state index contributed by atoms with van der Waals surface area (Å²) in [5.41, 5.74) is -0.572. The van der Waals surface area contributed by atoms with Gasteiger partial charge in [-0.25, -0.2) is 9.07 Å². The van der Waals surface area contributed by atoms with Crippen molar-refractivity contribution in [2.75, 3.05) is 6.54 Å². The Morgan fingerprint density at radius 3 is 2.70 bits per heavy atom. The third kappa shape index (κ3) is 3.76. The van der Waals surface area contributed by atoms with E-state index in [1.54, 1.807) is 6.20 Å². The van der Waals surface area contributed by atoms with Crippen LogP contribution in [-0.2, 0) is 12.6 Å². The maximum atomic E-state index is 13.6. The number of aromatic amines is 1. The number of carbonyl (C=O) groups excluding carboxylic acids is 1. The van der Waals surface area contributed by atoms with Crippen LogP contribution in [0.3, 0.4) is 0 Å². The van der Waals surface area contributed by atoms with Crippen molar-refractivity contribution < 1.29 is 22.4 Å². The lowest BCUT2D eigenvalue weighted by Crippen LogP contribution is -2.29. The number of para-hydroxylation sites is 1. The van der Waals surface area contributed by atoms with Crippen molar-refractivity contribution in [1.29, 1.82) is 0 Å². The van der Waals surface area contributed by atoms with Gasteiger partial charge in [0.1, 0.15) is 5.82 Å². The summed E-state index contributed by atoms with van der Waals surface area (Å²) in [6, 6.07) is 12.0. The number of amides is 1. The fourth-order valence-corrected chi connectivity index (χ4v) is 3.21. The largest absolute Gasteiger partial charge is 0.435 e. The highest BCUT2D eigenvalue weighted by molar-refractivity contribution is 5.93. The second-order valence-electron chi connectivity index (χ2n) is 6.54. The Hall–Kier alpha value is -3.69. The van der Waals surface area contributed by atoms with Gasteiger partial charge in [0.05, 0.1) is 5.69 Å². The molecule has 0 aliphatic rings. The molecule has 4 aromatic rings. The van der Waals surface area contributed by atoms with E-state index in [-0.39, 0.29) is 12.2 Å². The first-order chi connectivity index (χ1) is 14.3. The second-order valence-corrected chi connectivity index (χ2v) is 6.54. The molecule has 0 atom stereocenters. The summed E-state index contributed by atoms with van der Waals surface area (Å²) < 4.78 is 54.7. The molecule has 2 aromatic heterocycles. The lowest BCUT2D eigenvalue weighted by Gasteiger charge is -2.11. The Balaban J connectivity index is 1.55. The molecule has 0 radical (unpaired) electrons. The van der Waals surface area contributed by atoms with Crippen molar-refractivity contribution in [2.45, 2.75) is 12.6 Å². The van der Waals surface area contributed by atoms with Gasteiger partial charge in [-0.3, -0.25) is 4.79 Å². The maximum absolute atomic E-state index is 13.6. The minimum atomic E-state index is -4.92. The quantitative estimate of drug-likeness (QED) is 0.484. The highest BCUT2D eigenvalue weighted by Crippen LogP contribution is 2.32. The highest BCUT2D eigenvalue weighted by atomic mass is 19.4. The summed E-state index contributed by atoms with van der Waals surface area (Å²) in [5, 5.41) is 10.3.